The quantitative estimate of drug-likeness (QED) is 0.612. The van der Waals surface area contributed by atoms with E-state index in [1.165, 1.54) is 22.9 Å². The van der Waals surface area contributed by atoms with Crippen LogP contribution in [0, 0.1) is 6.92 Å². The lowest BCUT2D eigenvalue weighted by molar-refractivity contribution is -0.116. The first-order valence-electron chi connectivity index (χ1n) is 9.31. The largest absolute Gasteiger partial charge is 0.319 e. The second-order valence-electron chi connectivity index (χ2n) is 6.75. The molecule has 0 radical (unpaired) electrons. The lowest BCUT2D eigenvalue weighted by atomic mass is 10.1. The van der Waals surface area contributed by atoms with Crippen molar-refractivity contribution in [1.29, 1.82) is 0 Å². The number of carbonyl (C=O) groups is 1. The van der Waals surface area contributed by atoms with Crippen molar-refractivity contribution in [1.82, 2.24) is 9.55 Å². The Morgan fingerprint density at radius 1 is 1.15 bits per heavy atom. The molecular weight excluding hydrogens is 354 g/mol. The summed E-state index contributed by atoms with van der Waals surface area (Å²) in [5.74, 6) is 0.547. The Bertz CT molecular complexity index is 962. The zero-order valence-corrected chi connectivity index (χ0v) is 16.5. The third kappa shape index (κ3) is 3.52. The fraction of sp³-hybridized carbons (Fsp3) is 0.273. The van der Waals surface area contributed by atoms with Crippen LogP contribution in [-0.2, 0) is 17.8 Å². The molecule has 0 saturated carbocycles. The molecule has 0 unspecified atom stereocenters. The average molecular weight is 378 g/mol. The van der Waals surface area contributed by atoms with E-state index in [0.717, 1.165) is 41.6 Å². The van der Waals surface area contributed by atoms with Gasteiger partial charge in [-0.3, -0.25) is 4.79 Å². The molecule has 5 heteroatoms. The number of carbonyl (C=O) groups excluding carboxylic acids is 1. The van der Waals surface area contributed by atoms with Crippen LogP contribution in [0.15, 0.2) is 59.9 Å². The molecule has 4 nitrogen and oxygen atoms in total. The van der Waals surface area contributed by atoms with Crippen LogP contribution in [0.3, 0.4) is 0 Å². The second-order valence-corrected chi connectivity index (χ2v) is 7.69. The molecule has 1 aromatic heterocycles. The number of amides is 1. The molecule has 1 aliphatic rings. The fourth-order valence-corrected chi connectivity index (χ4v) is 4.45. The Hall–Kier alpha value is -2.53. The highest BCUT2D eigenvalue weighted by atomic mass is 32.2. The van der Waals surface area contributed by atoms with Crippen LogP contribution in [0.5, 0.6) is 0 Å². The van der Waals surface area contributed by atoms with Crippen molar-refractivity contribution in [3.8, 4) is 11.3 Å². The summed E-state index contributed by atoms with van der Waals surface area (Å²) in [4.78, 5) is 19.3. The molecule has 3 aromatic rings. The van der Waals surface area contributed by atoms with E-state index in [0.29, 0.717) is 5.75 Å². The number of nitrogens with zero attached hydrogens (tertiary/aromatic N) is 3. The molecule has 0 saturated heterocycles. The van der Waals surface area contributed by atoms with Crippen molar-refractivity contribution in [2.45, 2.75) is 32.0 Å². The molecule has 0 bridgehead atoms. The summed E-state index contributed by atoms with van der Waals surface area (Å²) < 4.78 is 2.18. The van der Waals surface area contributed by atoms with E-state index in [2.05, 4.69) is 53.7 Å². The van der Waals surface area contributed by atoms with Crippen LogP contribution < -0.4 is 4.90 Å². The van der Waals surface area contributed by atoms with Crippen molar-refractivity contribution in [3.63, 3.8) is 0 Å². The van der Waals surface area contributed by atoms with Gasteiger partial charge in [0, 0.05) is 18.8 Å². The van der Waals surface area contributed by atoms with Gasteiger partial charge in [-0.05, 0) is 37.5 Å². The number of imidazole rings is 1. The number of fused-ring (bicyclic) bond motifs is 1. The Labute approximate surface area is 164 Å². The number of aryl methyl sites for hydroxylation is 1. The summed E-state index contributed by atoms with van der Waals surface area (Å²) >= 11 is 1.52. The predicted octanol–water partition coefficient (Wildman–Crippen LogP) is 4.56. The lowest BCUT2D eigenvalue weighted by Gasteiger charge is -2.17. The maximum Gasteiger partial charge on any atom is 0.237 e. The van der Waals surface area contributed by atoms with E-state index in [1.54, 1.807) is 0 Å². The van der Waals surface area contributed by atoms with Gasteiger partial charge in [-0.1, -0.05) is 59.8 Å². The van der Waals surface area contributed by atoms with Gasteiger partial charge in [-0.2, -0.15) is 0 Å². The highest BCUT2D eigenvalue weighted by Crippen LogP contribution is 2.30. The van der Waals surface area contributed by atoms with Crippen LogP contribution in [0.4, 0.5) is 5.69 Å². The number of hydrogen-bond donors (Lipinski definition) is 0. The molecule has 0 aliphatic carbocycles. The molecule has 0 fully saturated rings. The predicted molar refractivity (Wildman–Crippen MR) is 111 cm³/mol. The SMILES string of the molecule is CCn1c(-c2ccc(C)cc2)cnc1SCC(=O)N1CCc2ccccc21. The normalized spacial score (nSPS) is 13.0. The van der Waals surface area contributed by atoms with Gasteiger partial charge < -0.3 is 9.47 Å². The molecule has 4 rings (SSSR count). The van der Waals surface area contributed by atoms with Crippen LogP contribution in [0.2, 0.25) is 0 Å². The minimum absolute atomic E-state index is 0.146. The van der Waals surface area contributed by atoms with E-state index in [9.17, 15) is 4.79 Å². The first-order chi connectivity index (χ1) is 13.2. The van der Waals surface area contributed by atoms with Crippen LogP contribution in [0.25, 0.3) is 11.3 Å². The molecule has 1 amide bonds. The fourth-order valence-electron chi connectivity index (χ4n) is 3.54. The number of para-hydroxylation sites is 1. The Balaban J connectivity index is 1.49. The summed E-state index contributed by atoms with van der Waals surface area (Å²) in [6, 6.07) is 16.6. The van der Waals surface area contributed by atoms with Crippen LogP contribution >= 0.6 is 11.8 Å². The van der Waals surface area contributed by atoms with E-state index in [-0.39, 0.29) is 5.91 Å². The molecule has 2 heterocycles. The van der Waals surface area contributed by atoms with Crippen LogP contribution in [-0.4, -0.2) is 27.8 Å². The Morgan fingerprint density at radius 2 is 1.93 bits per heavy atom. The van der Waals surface area contributed by atoms with E-state index in [1.807, 2.05) is 29.3 Å². The standard InChI is InChI=1S/C22H23N3OS/c1-3-24-20(18-10-8-16(2)9-11-18)14-23-22(24)27-15-21(26)25-13-12-17-6-4-5-7-19(17)25/h4-11,14H,3,12-13,15H2,1-2H3. The van der Waals surface area contributed by atoms with Crippen LogP contribution in [0.1, 0.15) is 18.1 Å². The van der Waals surface area contributed by atoms with E-state index >= 15 is 0 Å². The van der Waals surface area contributed by atoms with Gasteiger partial charge in [-0.15, -0.1) is 0 Å². The third-order valence-corrected chi connectivity index (χ3v) is 5.97. The number of hydrogen-bond acceptors (Lipinski definition) is 3. The smallest absolute Gasteiger partial charge is 0.237 e. The van der Waals surface area contributed by atoms with E-state index < -0.39 is 0 Å². The summed E-state index contributed by atoms with van der Waals surface area (Å²) in [6.07, 6.45) is 2.85. The van der Waals surface area contributed by atoms with Gasteiger partial charge in [0.2, 0.25) is 5.91 Å². The van der Waals surface area contributed by atoms with Gasteiger partial charge in [0.25, 0.3) is 0 Å². The van der Waals surface area contributed by atoms with Gasteiger partial charge in [0.05, 0.1) is 17.6 Å². The first-order valence-corrected chi connectivity index (χ1v) is 10.3. The van der Waals surface area contributed by atoms with Gasteiger partial charge >= 0.3 is 0 Å². The lowest BCUT2D eigenvalue weighted by Crippen LogP contribution is -2.30. The number of anilines is 1. The van der Waals surface area contributed by atoms with Gasteiger partial charge in [0.1, 0.15) is 0 Å². The number of aromatic nitrogens is 2. The van der Waals surface area contributed by atoms with Gasteiger partial charge in [0.15, 0.2) is 5.16 Å². The van der Waals surface area contributed by atoms with Crippen molar-refractivity contribution in [2.24, 2.45) is 0 Å². The number of rotatable bonds is 5. The molecule has 27 heavy (non-hydrogen) atoms. The summed E-state index contributed by atoms with van der Waals surface area (Å²) in [6.45, 7) is 5.80. The van der Waals surface area contributed by atoms with Gasteiger partial charge in [-0.25, -0.2) is 4.98 Å². The molecule has 138 valence electrons. The summed E-state index contributed by atoms with van der Waals surface area (Å²) in [7, 11) is 0. The summed E-state index contributed by atoms with van der Waals surface area (Å²) in [5.41, 5.74) is 5.81. The third-order valence-electron chi connectivity index (χ3n) is 5.00. The zero-order valence-electron chi connectivity index (χ0n) is 15.7. The molecule has 1 aliphatic heterocycles. The number of thioether (sulfide) groups is 1. The topological polar surface area (TPSA) is 38.1 Å². The van der Waals surface area contributed by atoms with Crippen molar-refractivity contribution < 1.29 is 4.79 Å². The first kappa shape index (κ1) is 17.9. The molecule has 0 spiro atoms. The van der Waals surface area contributed by atoms with E-state index in [4.69, 9.17) is 0 Å². The second kappa shape index (κ2) is 7.61. The minimum atomic E-state index is 0.146. The Kier molecular flexibility index (Phi) is 5.03. The summed E-state index contributed by atoms with van der Waals surface area (Å²) in [5, 5.41) is 0.897. The highest BCUT2D eigenvalue weighted by Gasteiger charge is 2.24. The Morgan fingerprint density at radius 3 is 2.70 bits per heavy atom. The number of benzene rings is 2. The average Bonchev–Trinajstić information content (AvgIpc) is 3.30. The molecule has 0 N–H and O–H groups in total. The highest BCUT2D eigenvalue weighted by molar-refractivity contribution is 7.99. The van der Waals surface area contributed by atoms with Crippen molar-refractivity contribution in [2.75, 3.05) is 17.2 Å². The monoisotopic (exact) mass is 377 g/mol. The molecular formula is C22H23N3OS. The van der Waals surface area contributed by atoms with Crippen molar-refractivity contribution >= 4 is 23.4 Å². The maximum absolute atomic E-state index is 12.8. The molecule has 0 atom stereocenters. The maximum atomic E-state index is 12.8. The van der Waals surface area contributed by atoms with Crippen molar-refractivity contribution in [3.05, 3.63) is 65.9 Å². The zero-order chi connectivity index (χ0) is 18.8. The molecule has 2 aromatic carbocycles. The minimum Gasteiger partial charge on any atom is -0.319 e.